The van der Waals surface area contributed by atoms with Crippen molar-refractivity contribution in [3.63, 3.8) is 0 Å². The first kappa shape index (κ1) is 17.0. The molecule has 0 bridgehead atoms. The molecule has 1 fully saturated rings. The Morgan fingerprint density at radius 1 is 1.24 bits per heavy atom. The maximum absolute atomic E-state index is 14.5. The molecule has 0 spiro atoms. The maximum Gasteiger partial charge on any atom is 0.337 e. The van der Waals surface area contributed by atoms with Crippen LogP contribution in [0.1, 0.15) is 50.7 Å². The Labute approximate surface area is 142 Å². The molecule has 1 aromatic carbocycles. The van der Waals surface area contributed by atoms with Crippen LogP contribution in [0.15, 0.2) is 30.6 Å². The number of carboxylic acids is 1. The molecule has 1 unspecified atom stereocenters. The highest BCUT2D eigenvalue weighted by atomic mass is 19.1. The smallest absolute Gasteiger partial charge is 0.337 e. The first-order chi connectivity index (χ1) is 11.9. The second-order valence-corrected chi connectivity index (χ2v) is 6.02. The van der Waals surface area contributed by atoms with Gasteiger partial charge >= 0.3 is 5.97 Å². The number of pyridine rings is 1. The summed E-state index contributed by atoms with van der Waals surface area (Å²) in [5, 5.41) is 9.03. The minimum absolute atomic E-state index is 0.0836. The molecule has 1 saturated heterocycles. The molecule has 1 aliphatic rings. The van der Waals surface area contributed by atoms with E-state index >= 15 is 0 Å². The quantitative estimate of drug-likeness (QED) is 0.925. The summed E-state index contributed by atoms with van der Waals surface area (Å²) in [6, 6.07) is 3.05. The molecule has 1 N–H and O–H groups in total. The van der Waals surface area contributed by atoms with Crippen molar-refractivity contribution in [1.29, 1.82) is 0 Å². The van der Waals surface area contributed by atoms with Crippen LogP contribution in [0.3, 0.4) is 0 Å². The average Bonchev–Trinajstić information content (AvgIpc) is 3.07. The molecule has 3 rings (SSSR count). The molecule has 2 aromatic rings. The Balaban J connectivity index is 1.97. The van der Waals surface area contributed by atoms with Crippen LogP contribution in [0.25, 0.3) is 0 Å². The van der Waals surface area contributed by atoms with Crippen molar-refractivity contribution in [2.24, 2.45) is 0 Å². The van der Waals surface area contributed by atoms with Crippen molar-refractivity contribution in [2.45, 2.75) is 25.8 Å². The van der Waals surface area contributed by atoms with Crippen LogP contribution >= 0.6 is 0 Å². The Morgan fingerprint density at radius 2 is 1.96 bits per heavy atom. The van der Waals surface area contributed by atoms with Crippen LogP contribution in [0, 0.1) is 18.6 Å². The number of hydrogen-bond acceptors (Lipinski definition) is 3. The van der Waals surface area contributed by atoms with Crippen molar-refractivity contribution in [1.82, 2.24) is 9.88 Å². The van der Waals surface area contributed by atoms with E-state index in [1.165, 1.54) is 29.3 Å². The first-order valence-electron chi connectivity index (χ1n) is 7.84. The van der Waals surface area contributed by atoms with Gasteiger partial charge in [-0.15, -0.1) is 0 Å². The van der Waals surface area contributed by atoms with Crippen molar-refractivity contribution in [2.75, 3.05) is 6.54 Å². The van der Waals surface area contributed by atoms with Gasteiger partial charge in [-0.2, -0.15) is 0 Å². The largest absolute Gasteiger partial charge is 0.478 e. The Morgan fingerprint density at radius 3 is 2.68 bits per heavy atom. The summed E-state index contributed by atoms with van der Waals surface area (Å²) in [7, 11) is 0. The second kappa shape index (κ2) is 6.58. The molecular formula is C18H16F2N2O3. The summed E-state index contributed by atoms with van der Waals surface area (Å²) in [4.78, 5) is 29.0. The zero-order valence-electron chi connectivity index (χ0n) is 13.5. The standard InChI is InChI=1S/C18H16F2N2O3/c1-10-4-5-13(19)15(16(10)20)14-3-2-6-22(14)17(23)11-7-12(18(24)25)9-21-8-11/h4-5,7-9,14H,2-3,6H2,1H3,(H,24,25). The fraction of sp³-hybridized carbons (Fsp3) is 0.278. The van der Waals surface area contributed by atoms with Crippen LogP contribution in [0.2, 0.25) is 0 Å². The summed E-state index contributed by atoms with van der Waals surface area (Å²) < 4.78 is 28.7. The molecule has 0 aliphatic carbocycles. The van der Waals surface area contributed by atoms with Crippen LogP contribution in [0.4, 0.5) is 8.78 Å². The van der Waals surface area contributed by atoms with Gasteiger partial charge in [0.15, 0.2) is 0 Å². The number of carbonyl (C=O) groups excluding carboxylic acids is 1. The van der Waals surface area contributed by atoms with Crippen molar-refractivity contribution in [3.8, 4) is 0 Å². The molecule has 0 radical (unpaired) electrons. The topological polar surface area (TPSA) is 70.5 Å². The molecular weight excluding hydrogens is 330 g/mol. The van der Waals surface area contributed by atoms with Gasteiger partial charge in [-0.1, -0.05) is 6.07 Å². The molecule has 2 heterocycles. The highest BCUT2D eigenvalue weighted by Gasteiger charge is 2.34. The van der Waals surface area contributed by atoms with Crippen molar-refractivity contribution >= 4 is 11.9 Å². The van der Waals surface area contributed by atoms with Gasteiger partial charge < -0.3 is 10.0 Å². The molecule has 1 atom stereocenters. The summed E-state index contributed by atoms with van der Waals surface area (Å²) in [6.07, 6.45) is 3.44. The Kier molecular flexibility index (Phi) is 4.48. The van der Waals surface area contributed by atoms with Crippen LogP contribution in [-0.2, 0) is 0 Å². The van der Waals surface area contributed by atoms with E-state index in [1.54, 1.807) is 6.92 Å². The second-order valence-electron chi connectivity index (χ2n) is 6.02. The number of likely N-dealkylation sites (tertiary alicyclic amines) is 1. The minimum Gasteiger partial charge on any atom is -0.478 e. The number of rotatable bonds is 3. The maximum atomic E-state index is 14.5. The molecule has 1 aromatic heterocycles. The van der Waals surface area contributed by atoms with Gasteiger partial charge in [-0.25, -0.2) is 13.6 Å². The number of carbonyl (C=O) groups is 2. The predicted molar refractivity (Wildman–Crippen MR) is 85.3 cm³/mol. The van der Waals surface area contributed by atoms with Gasteiger partial charge in [0, 0.05) is 24.5 Å². The fourth-order valence-electron chi connectivity index (χ4n) is 3.13. The normalized spacial score (nSPS) is 16.9. The van der Waals surface area contributed by atoms with E-state index in [0.29, 0.717) is 24.9 Å². The molecule has 7 heteroatoms. The summed E-state index contributed by atoms with van der Waals surface area (Å²) in [5.41, 5.74) is 0.160. The third kappa shape index (κ3) is 3.09. The summed E-state index contributed by atoms with van der Waals surface area (Å²) in [5.74, 6) is -3.03. The zero-order chi connectivity index (χ0) is 18.1. The fourth-order valence-corrected chi connectivity index (χ4v) is 3.13. The highest BCUT2D eigenvalue weighted by molar-refractivity contribution is 5.97. The van der Waals surface area contributed by atoms with Crippen LogP contribution in [0.5, 0.6) is 0 Å². The molecule has 1 amide bonds. The van der Waals surface area contributed by atoms with Crippen LogP contribution in [-0.4, -0.2) is 33.4 Å². The van der Waals surface area contributed by atoms with Gasteiger partial charge in [0.2, 0.25) is 0 Å². The SMILES string of the molecule is Cc1ccc(F)c(C2CCCN2C(=O)c2cncc(C(=O)O)c2)c1F. The Bertz CT molecular complexity index is 854. The van der Waals surface area contributed by atoms with Crippen molar-refractivity contribution < 1.29 is 23.5 Å². The van der Waals surface area contributed by atoms with Gasteiger partial charge in [0.1, 0.15) is 11.6 Å². The number of carboxylic acid groups (broad SMARTS) is 1. The van der Waals surface area contributed by atoms with E-state index in [-0.39, 0.29) is 16.7 Å². The van der Waals surface area contributed by atoms with E-state index in [4.69, 9.17) is 5.11 Å². The molecule has 25 heavy (non-hydrogen) atoms. The molecule has 1 aliphatic heterocycles. The minimum atomic E-state index is -1.20. The number of nitrogens with zero attached hydrogens (tertiary/aromatic N) is 2. The first-order valence-corrected chi connectivity index (χ1v) is 7.84. The molecule has 0 saturated carbocycles. The number of amides is 1. The van der Waals surface area contributed by atoms with Gasteiger partial charge in [-0.3, -0.25) is 9.78 Å². The third-order valence-electron chi connectivity index (χ3n) is 4.40. The predicted octanol–water partition coefficient (Wildman–Crippen LogP) is 3.34. The average molecular weight is 346 g/mol. The van der Waals surface area contributed by atoms with Gasteiger partial charge in [0.25, 0.3) is 5.91 Å². The Hall–Kier alpha value is -2.83. The zero-order valence-corrected chi connectivity index (χ0v) is 13.5. The van der Waals surface area contributed by atoms with Crippen LogP contribution < -0.4 is 0 Å². The van der Waals surface area contributed by atoms with Crippen molar-refractivity contribution in [3.05, 3.63) is 64.5 Å². The number of halogens is 2. The van der Waals surface area contributed by atoms with E-state index in [9.17, 15) is 18.4 Å². The lowest BCUT2D eigenvalue weighted by Crippen LogP contribution is -2.32. The number of benzene rings is 1. The lowest BCUT2D eigenvalue weighted by Gasteiger charge is -2.26. The number of aromatic nitrogens is 1. The third-order valence-corrected chi connectivity index (χ3v) is 4.40. The lowest BCUT2D eigenvalue weighted by atomic mass is 10.00. The van der Waals surface area contributed by atoms with E-state index in [1.807, 2.05) is 0 Å². The summed E-state index contributed by atoms with van der Waals surface area (Å²) >= 11 is 0. The molecule has 5 nitrogen and oxygen atoms in total. The van der Waals surface area contributed by atoms with E-state index in [2.05, 4.69) is 4.98 Å². The molecule has 130 valence electrons. The number of aryl methyl sites for hydroxylation is 1. The van der Waals surface area contributed by atoms with E-state index in [0.717, 1.165) is 6.20 Å². The number of aromatic carboxylic acids is 1. The van der Waals surface area contributed by atoms with E-state index < -0.39 is 29.6 Å². The monoisotopic (exact) mass is 346 g/mol. The van der Waals surface area contributed by atoms with Gasteiger partial charge in [0.05, 0.1) is 17.2 Å². The lowest BCUT2D eigenvalue weighted by molar-refractivity contribution is 0.0696. The highest BCUT2D eigenvalue weighted by Crippen LogP contribution is 2.36. The number of hydrogen-bond donors (Lipinski definition) is 1. The van der Waals surface area contributed by atoms with Gasteiger partial charge in [-0.05, 0) is 37.5 Å². The summed E-state index contributed by atoms with van der Waals surface area (Å²) in [6.45, 7) is 1.88.